The molecule has 0 bridgehead atoms. The number of hydrogen-bond acceptors (Lipinski definition) is 3. The van der Waals surface area contributed by atoms with Crippen molar-refractivity contribution in [1.29, 1.82) is 0 Å². The van der Waals surface area contributed by atoms with Crippen molar-refractivity contribution in [3.05, 3.63) is 35.1 Å². The molecule has 0 unspecified atom stereocenters. The maximum atomic E-state index is 5.88. The van der Waals surface area contributed by atoms with Gasteiger partial charge in [-0.15, -0.1) is 0 Å². The molecule has 0 fully saturated rings. The fourth-order valence-corrected chi connectivity index (χ4v) is 2.18. The highest BCUT2D eigenvalue weighted by Crippen LogP contribution is 2.29. The second kappa shape index (κ2) is 5.55. The summed E-state index contributed by atoms with van der Waals surface area (Å²) in [5.74, 6) is 1.49. The number of nitrogens with one attached hydrogen (secondary N) is 1. The Balaban J connectivity index is 2.55. The van der Waals surface area contributed by atoms with Crippen LogP contribution in [0, 0.1) is 0 Å². The Morgan fingerprint density at radius 1 is 1.33 bits per heavy atom. The Kier molecular flexibility index (Phi) is 4.04. The molecule has 1 N–H and O–H groups in total. The first-order valence-electron chi connectivity index (χ1n) is 6.35. The molecular weight excluding hydrogens is 226 g/mol. The first kappa shape index (κ1) is 13.1. The second-order valence-corrected chi connectivity index (χ2v) is 4.88. The molecule has 0 aliphatic rings. The standard InChI is InChI=1S/C15H21NO2/c1-10(2)11-5-6-14-12(7-11)13(9-17-4)15(18-14)8-16-3/h5-7,10,16H,8-9H2,1-4H3. The Hall–Kier alpha value is -1.32. The van der Waals surface area contributed by atoms with E-state index in [-0.39, 0.29) is 0 Å². The highest BCUT2D eigenvalue weighted by atomic mass is 16.5. The molecule has 1 aromatic carbocycles. The van der Waals surface area contributed by atoms with E-state index in [2.05, 4.69) is 37.4 Å². The van der Waals surface area contributed by atoms with Gasteiger partial charge in [0.1, 0.15) is 11.3 Å². The Morgan fingerprint density at radius 2 is 2.11 bits per heavy atom. The topological polar surface area (TPSA) is 34.4 Å². The maximum Gasteiger partial charge on any atom is 0.134 e. The van der Waals surface area contributed by atoms with E-state index in [1.165, 1.54) is 10.9 Å². The molecule has 0 saturated heterocycles. The van der Waals surface area contributed by atoms with Gasteiger partial charge in [-0.05, 0) is 30.7 Å². The van der Waals surface area contributed by atoms with Gasteiger partial charge < -0.3 is 14.5 Å². The predicted molar refractivity (Wildman–Crippen MR) is 73.8 cm³/mol. The lowest BCUT2D eigenvalue weighted by Crippen LogP contribution is -2.06. The smallest absolute Gasteiger partial charge is 0.134 e. The van der Waals surface area contributed by atoms with Gasteiger partial charge in [0.15, 0.2) is 0 Å². The summed E-state index contributed by atoms with van der Waals surface area (Å²) in [5, 5.41) is 4.31. The molecule has 2 aromatic rings. The van der Waals surface area contributed by atoms with E-state index < -0.39 is 0 Å². The van der Waals surface area contributed by atoms with Crippen LogP contribution in [0.3, 0.4) is 0 Å². The highest BCUT2D eigenvalue weighted by molar-refractivity contribution is 5.83. The van der Waals surface area contributed by atoms with Crippen molar-refractivity contribution in [3.8, 4) is 0 Å². The van der Waals surface area contributed by atoms with E-state index in [1.54, 1.807) is 7.11 Å². The monoisotopic (exact) mass is 247 g/mol. The van der Waals surface area contributed by atoms with Gasteiger partial charge >= 0.3 is 0 Å². The van der Waals surface area contributed by atoms with Crippen LogP contribution in [-0.4, -0.2) is 14.2 Å². The lowest BCUT2D eigenvalue weighted by molar-refractivity contribution is 0.183. The minimum atomic E-state index is 0.521. The fourth-order valence-electron chi connectivity index (χ4n) is 2.18. The number of furan rings is 1. The summed E-state index contributed by atoms with van der Waals surface area (Å²) in [7, 11) is 3.64. The van der Waals surface area contributed by atoms with Crippen molar-refractivity contribution in [3.63, 3.8) is 0 Å². The SMILES string of the molecule is CNCc1oc2ccc(C(C)C)cc2c1COC. The lowest BCUT2D eigenvalue weighted by Gasteiger charge is -2.05. The van der Waals surface area contributed by atoms with E-state index in [4.69, 9.17) is 9.15 Å². The van der Waals surface area contributed by atoms with Crippen LogP contribution in [0.15, 0.2) is 22.6 Å². The molecule has 0 spiro atoms. The van der Waals surface area contributed by atoms with E-state index in [1.807, 2.05) is 7.05 Å². The van der Waals surface area contributed by atoms with Crippen LogP contribution in [0.1, 0.15) is 36.7 Å². The molecule has 0 aliphatic carbocycles. The van der Waals surface area contributed by atoms with E-state index in [0.717, 1.165) is 23.5 Å². The summed E-state index contributed by atoms with van der Waals surface area (Å²) < 4.78 is 11.2. The molecule has 0 atom stereocenters. The van der Waals surface area contributed by atoms with Crippen LogP contribution >= 0.6 is 0 Å². The second-order valence-electron chi connectivity index (χ2n) is 4.88. The zero-order valence-corrected chi connectivity index (χ0v) is 11.5. The van der Waals surface area contributed by atoms with Gasteiger partial charge in [0, 0.05) is 18.1 Å². The third-order valence-electron chi connectivity index (χ3n) is 3.19. The summed E-state index contributed by atoms with van der Waals surface area (Å²) in [4.78, 5) is 0. The van der Waals surface area contributed by atoms with Crippen molar-refractivity contribution in [2.24, 2.45) is 0 Å². The van der Waals surface area contributed by atoms with Gasteiger partial charge in [0.2, 0.25) is 0 Å². The molecule has 0 saturated carbocycles. The molecule has 3 heteroatoms. The molecular formula is C15H21NO2. The molecule has 3 nitrogen and oxygen atoms in total. The number of benzene rings is 1. The summed E-state index contributed by atoms with van der Waals surface area (Å²) in [6.45, 7) is 5.72. The van der Waals surface area contributed by atoms with Crippen molar-refractivity contribution >= 4 is 11.0 Å². The Morgan fingerprint density at radius 3 is 2.72 bits per heavy atom. The third-order valence-corrected chi connectivity index (χ3v) is 3.19. The van der Waals surface area contributed by atoms with Gasteiger partial charge in [-0.3, -0.25) is 0 Å². The number of fused-ring (bicyclic) bond motifs is 1. The van der Waals surface area contributed by atoms with Crippen LogP contribution in [-0.2, 0) is 17.9 Å². The van der Waals surface area contributed by atoms with Gasteiger partial charge in [-0.25, -0.2) is 0 Å². The molecule has 2 rings (SSSR count). The first-order chi connectivity index (χ1) is 8.67. The number of hydrogen-bond donors (Lipinski definition) is 1. The van der Waals surface area contributed by atoms with E-state index in [0.29, 0.717) is 12.5 Å². The van der Waals surface area contributed by atoms with Crippen LogP contribution in [0.2, 0.25) is 0 Å². The summed E-state index contributed by atoms with van der Waals surface area (Å²) in [6, 6.07) is 6.41. The molecule has 98 valence electrons. The molecule has 1 heterocycles. The van der Waals surface area contributed by atoms with Crippen molar-refractivity contribution in [2.45, 2.75) is 32.9 Å². The van der Waals surface area contributed by atoms with E-state index >= 15 is 0 Å². The molecule has 0 radical (unpaired) electrons. The first-order valence-corrected chi connectivity index (χ1v) is 6.35. The molecule has 1 aromatic heterocycles. The number of methoxy groups -OCH3 is 1. The van der Waals surface area contributed by atoms with Crippen LogP contribution in [0.25, 0.3) is 11.0 Å². The zero-order valence-electron chi connectivity index (χ0n) is 11.5. The number of ether oxygens (including phenoxy) is 1. The molecule has 18 heavy (non-hydrogen) atoms. The quantitative estimate of drug-likeness (QED) is 0.879. The molecule has 0 amide bonds. The average molecular weight is 247 g/mol. The van der Waals surface area contributed by atoms with Gasteiger partial charge in [-0.1, -0.05) is 19.9 Å². The van der Waals surface area contributed by atoms with Gasteiger partial charge in [0.05, 0.1) is 13.2 Å². The summed E-state index contributed by atoms with van der Waals surface area (Å²) in [5.41, 5.74) is 3.43. The van der Waals surface area contributed by atoms with Crippen LogP contribution in [0.5, 0.6) is 0 Å². The normalized spacial score (nSPS) is 11.6. The minimum absolute atomic E-state index is 0.521. The Bertz CT molecular complexity index is 529. The highest BCUT2D eigenvalue weighted by Gasteiger charge is 2.14. The van der Waals surface area contributed by atoms with Gasteiger partial charge in [-0.2, -0.15) is 0 Å². The Labute approximate surface area is 108 Å². The van der Waals surface area contributed by atoms with Crippen molar-refractivity contribution in [2.75, 3.05) is 14.2 Å². The van der Waals surface area contributed by atoms with Gasteiger partial charge in [0.25, 0.3) is 0 Å². The maximum absolute atomic E-state index is 5.88. The fraction of sp³-hybridized carbons (Fsp3) is 0.467. The van der Waals surface area contributed by atoms with Crippen LogP contribution in [0.4, 0.5) is 0 Å². The van der Waals surface area contributed by atoms with Crippen molar-refractivity contribution < 1.29 is 9.15 Å². The summed E-state index contributed by atoms with van der Waals surface area (Å²) in [6.07, 6.45) is 0. The van der Waals surface area contributed by atoms with Crippen LogP contribution < -0.4 is 5.32 Å². The summed E-state index contributed by atoms with van der Waals surface area (Å²) >= 11 is 0. The number of rotatable bonds is 5. The van der Waals surface area contributed by atoms with Crippen molar-refractivity contribution in [1.82, 2.24) is 5.32 Å². The third kappa shape index (κ3) is 2.42. The average Bonchev–Trinajstić information content (AvgIpc) is 2.68. The van der Waals surface area contributed by atoms with E-state index in [9.17, 15) is 0 Å². The molecule has 0 aliphatic heterocycles. The lowest BCUT2D eigenvalue weighted by atomic mass is 10.0. The largest absolute Gasteiger partial charge is 0.459 e. The zero-order chi connectivity index (χ0) is 13.1. The minimum Gasteiger partial charge on any atom is -0.459 e. The predicted octanol–water partition coefficient (Wildman–Crippen LogP) is 3.42.